The molecule has 1 aromatic carbocycles. The molecule has 1 saturated heterocycles. The van der Waals surface area contributed by atoms with Gasteiger partial charge in [0.25, 0.3) is 0 Å². The molecule has 1 unspecified atom stereocenters. The van der Waals surface area contributed by atoms with Crippen molar-refractivity contribution < 1.29 is 4.79 Å². The molecule has 1 aliphatic rings. The molecule has 0 spiro atoms. The highest BCUT2D eigenvalue weighted by Crippen LogP contribution is 2.14. The summed E-state index contributed by atoms with van der Waals surface area (Å²) in [6.45, 7) is 7.84. The third kappa shape index (κ3) is 5.91. The van der Waals surface area contributed by atoms with Crippen LogP contribution in [-0.2, 0) is 17.9 Å². The Morgan fingerprint density at radius 2 is 1.71 bits per heavy atom. The average molecular weight is 332 g/mol. The van der Waals surface area contributed by atoms with E-state index >= 15 is 0 Å². The lowest BCUT2D eigenvalue weighted by Gasteiger charge is -2.23. The molecule has 1 heterocycles. The van der Waals surface area contributed by atoms with Gasteiger partial charge < -0.3 is 11.1 Å². The van der Waals surface area contributed by atoms with Crippen molar-refractivity contribution in [1.29, 1.82) is 0 Å². The van der Waals surface area contributed by atoms with E-state index in [0.717, 1.165) is 18.5 Å². The van der Waals surface area contributed by atoms with E-state index in [4.69, 9.17) is 5.73 Å². The Bertz CT molecular complexity index is 502. The van der Waals surface area contributed by atoms with Crippen molar-refractivity contribution in [3.63, 3.8) is 0 Å². The summed E-state index contributed by atoms with van der Waals surface area (Å²) >= 11 is 0. The van der Waals surface area contributed by atoms with E-state index in [1.54, 1.807) is 6.92 Å². The predicted octanol–water partition coefficient (Wildman–Crippen LogP) is 3.20. The van der Waals surface area contributed by atoms with Gasteiger partial charge in [-0.25, -0.2) is 0 Å². The first-order valence-electron chi connectivity index (χ1n) is 9.38. The SMILES string of the molecule is CCCC(C)(N)C(=O)NCc1ccc(CN2CCCCCC2)cc1. The quantitative estimate of drug-likeness (QED) is 0.807. The summed E-state index contributed by atoms with van der Waals surface area (Å²) in [5, 5.41) is 2.96. The second-order valence-corrected chi connectivity index (χ2v) is 7.36. The van der Waals surface area contributed by atoms with Crippen LogP contribution in [0.25, 0.3) is 0 Å². The Kier molecular flexibility index (Phi) is 7.25. The van der Waals surface area contributed by atoms with E-state index in [1.807, 2.05) is 6.92 Å². The molecule has 4 heteroatoms. The number of hydrogen-bond acceptors (Lipinski definition) is 3. The number of carbonyl (C=O) groups excluding carboxylic acids is 1. The first-order chi connectivity index (χ1) is 11.5. The standard InChI is InChI=1S/C20H33N3O/c1-3-12-20(2,21)19(24)22-15-17-8-10-18(11-9-17)16-23-13-6-4-5-7-14-23/h8-11H,3-7,12-16,21H2,1-2H3,(H,22,24). The van der Waals surface area contributed by atoms with Crippen molar-refractivity contribution in [3.05, 3.63) is 35.4 Å². The van der Waals surface area contributed by atoms with Crippen molar-refractivity contribution in [3.8, 4) is 0 Å². The van der Waals surface area contributed by atoms with Crippen LogP contribution in [0, 0.1) is 0 Å². The van der Waals surface area contributed by atoms with Gasteiger partial charge in [0.05, 0.1) is 5.54 Å². The molecule has 1 fully saturated rings. The van der Waals surface area contributed by atoms with Gasteiger partial charge in [-0.05, 0) is 50.4 Å². The van der Waals surface area contributed by atoms with Gasteiger partial charge in [-0.2, -0.15) is 0 Å². The van der Waals surface area contributed by atoms with E-state index in [-0.39, 0.29) is 5.91 Å². The zero-order valence-corrected chi connectivity index (χ0v) is 15.3. The number of carbonyl (C=O) groups is 1. The molecule has 1 aliphatic heterocycles. The second-order valence-electron chi connectivity index (χ2n) is 7.36. The van der Waals surface area contributed by atoms with E-state index in [0.29, 0.717) is 13.0 Å². The molecule has 0 aliphatic carbocycles. The smallest absolute Gasteiger partial charge is 0.240 e. The number of benzene rings is 1. The zero-order valence-electron chi connectivity index (χ0n) is 15.3. The maximum atomic E-state index is 12.1. The Labute approximate surface area is 146 Å². The normalized spacial score (nSPS) is 18.6. The van der Waals surface area contributed by atoms with Crippen LogP contribution in [0.5, 0.6) is 0 Å². The molecular formula is C20H33N3O. The molecule has 1 amide bonds. The molecule has 134 valence electrons. The van der Waals surface area contributed by atoms with Crippen molar-refractivity contribution in [2.24, 2.45) is 5.73 Å². The Morgan fingerprint density at radius 1 is 1.12 bits per heavy atom. The molecular weight excluding hydrogens is 298 g/mol. The highest BCUT2D eigenvalue weighted by molar-refractivity contribution is 5.85. The van der Waals surface area contributed by atoms with Crippen molar-refractivity contribution >= 4 is 5.91 Å². The van der Waals surface area contributed by atoms with Crippen LogP contribution in [0.3, 0.4) is 0 Å². The number of amides is 1. The lowest BCUT2D eigenvalue weighted by molar-refractivity contribution is -0.126. The number of nitrogens with one attached hydrogen (secondary N) is 1. The van der Waals surface area contributed by atoms with Crippen LogP contribution in [0.15, 0.2) is 24.3 Å². The largest absolute Gasteiger partial charge is 0.350 e. The number of likely N-dealkylation sites (tertiary alicyclic amines) is 1. The summed E-state index contributed by atoms with van der Waals surface area (Å²) in [4.78, 5) is 14.7. The summed E-state index contributed by atoms with van der Waals surface area (Å²) in [5.74, 6) is -0.0713. The van der Waals surface area contributed by atoms with Gasteiger partial charge in [0, 0.05) is 13.1 Å². The van der Waals surface area contributed by atoms with Crippen LogP contribution >= 0.6 is 0 Å². The first-order valence-corrected chi connectivity index (χ1v) is 9.38. The summed E-state index contributed by atoms with van der Waals surface area (Å²) in [5.41, 5.74) is 7.75. The molecule has 24 heavy (non-hydrogen) atoms. The molecule has 0 aromatic heterocycles. The monoisotopic (exact) mass is 331 g/mol. The van der Waals surface area contributed by atoms with E-state index in [2.05, 4.69) is 34.5 Å². The van der Waals surface area contributed by atoms with Gasteiger partial charge in [0.2, 0.25) is 5.91 Å². The first kappa shape index (κ1) is 18.9. The minimum atomic E-state index is -0.776. The molecule has 3 N–H and O–H groups in total. The third-order valence-electron chi connectivity index (χ3n) is 4.87. The Hall–Kier alpha value is -1.39. The number of nitrogens with zero attached hydrogens (tertiary/aromatic N) is 1. The number of rotatable bonds is 7. The van der Waals surface area contributed by atoms with Crippen LogP contribution in [0.4, 0.5) is 0 Å². The molecule has 0 bridgehead atoms. The molecule has 1 aromatic rings. The topological polar surface area (TPSA) is 58.4 Å². The Balaban J connectivity index is 1.82. The second kappa shape index (κ2) is 9.19. The molecule has 4 nitrogen and oxygen atoms in total. The van der Waals surface area contributed by atoms with Gasteiger partial charge in [0.15, 0.2) is 0 Å². The highest BCUT2D eigenvalue weighted by Gasteiger charge is 2.26. The summed E-state index contributed by atoms with van der Waals surface area (Å²) in [6.07, 6.45) is 6.99. The lowest BCUT2D eigenvalue weighted by atomic mass is 9.96. The maximum Gasteiger partial charge on any atom is 0.240 e. The number of nitrogens with two attached hydrogens (primary N) is 1. The minimum Gasteiger partial charge on any atom is -0.350 e. The van der Waals surface area contributed by atoms with Gasteiger partial charge in [-0.3, -0.25) is 9.69 Å². The van der Waals surface area contributed by atoms with Gasteiger partial charge >= 0.3 is 0 Å². The molecule has 2 rings (SSSR count). The maximum absolute atomic E-state index is 12.1. The fraction of sp³-hybridized carbons (Fsp3) is 0.650. The molecule has 0 saturated carbocycles. The highest BCUT2D eigenvalue weighted by atomic mass is 16.2. The zero-order chi connectivity index (χ0) is 17.4. The van der Waals surface area contributed by atoms with Crippen LogP contribution in [0.2, 0.25) is 0 Å². The third-order valence-corrected chi connectivity index (χ3v) is 4.87. The molecule has 1 atom stereocenters. The van der Waals surface area contributed by atoms with Gasteiger partial charge in [-0.15, -0.1) is 0 Å². The van der Waals surface area contributed by atoms with Gasteiger partial charge in [-0.1, -0.05) is 50.5 Å². The van der Waals surface area contributed by atoms with Crippen molar-refractivity contribution in [2.45, 2.75) is 71.0 Å². The average Bonchev–Trinajstić information content (AvgIpc) is 2.82. The summed E-state index contributed by atoms with van der Waals surface area (Å²) in [6, 6.07) is 8.59. The van der Waals surface area contributed by atoms with Crippen LogP contribution in [0.1, 0.15) is 63.5 Å². The Morgan fingerprint density at radius 3 is 2.29 bits per heavy atom. The van der Waals surface area contributed by atoms with E-state index in [1.165, 1.54) is 44.3 Å². The van der Waals surface area contributed by atoms with Crippen LogP contribution in [-0.4, -0.2) is 29.4 Å². The predicted molar refractivity (Wildman–Crippen MR) is 99.5 cm³/mol. The van der Waals surface area contributed by atoms with E-state index in [9.17, 15) is 4.79 Å². The van der Waals surface area contributed by atoms with Crippen molar-refractivity contribution in [1.82, 2.24) is 10.2 Å². The van der Waals surface area contributed by atoms with Crippen LogP contribution < -0.4 is 11.1 Å². The minimum absolute atomic E-state index is 0.0713. The summed E-state index contributed by atoms with van der Waals surface area (Å²) < 4.78 is 0. The fourth-order valence-corrected chi connectivity index (χ4v) is 3.33. The van der Waals surface area contributed by atoms with Gasteiger partial charge in [0.1, 0.15) is 0 Å². The number of hydrogen-bond donors (Lipinski definition) is 2. The van der Waals surface area contributed by atoms with Crippen molar-refractivity contribution in [2.75, 3.05) is 13.1 Å². The summed E-state index contributed by atoms with van der Waals surface area (Å²) in [7, 11) is 0. The molecule has 0 radical (unpaired) electrons. The van der Waals surface area contributed by atoms with E-state index < -0.39 is 5.54 Å². The lowest BCUT2D eigenvalue weighted by Crippen LogP contribution is -2.51. The fourth-order valence-electron chi connectivity index (χ4n) is 3.33.